The lowest BCUT2D eigenvalue weighted by Gasteiger charge is -2.18. The molecule has 3 N–H and O–H groups in total. The minimum absolute atomic E-state index is 0.127. The lowest BCUT2D eigenvalue weighted by atomic mass is 10.0. The fraction of sp³-hybridized carbons (Fsp3) is 0.174. The van der Waals surface area contributed by atoms with Gasteiger partial charge in [-0.3, -0.25) is 0 Å². The molecule has 0 bridgehead atoms. The van der Waals surface area contributed by atoms with Gasteiger partial charge in [0.25, 0.3) is 6.43 Å². The van der Waals surface area contributed by atoms with E-state index in [0.29, 0.717) is 28.4 Å². The summed E-state index contributed by atoms with van der Waals surface area (Å²) in [5.41, 5.74) is 8.18. The lowest BCUT2D eigenvalue weighted by Crippen LogP contribution is -2.12. The zero-order valence-corrected chi connectivity index (χ0v) is 16.9. The first-order valence-electron chi connectivity index (χ1n) is 9.67. The fourth-order valence-electron chi connectivity index (χ4n) is 3.46. The van der Waals surface area contributed by atoms with Crippen molar-refractivity contribution in [1.82, 2.24) is 15.0 Å². The molecule has 2 aromatic heterocycles. The Hall–Kier alpha value is -3.68. The summed E-state index contributed by atoms with van der Waals surface area (Å²) in [4.78, 5) is 13.3. The summed E-state index contributed by atoms with van der Waals surface area (Å²) in [6.07, 6.45) is -1.19. The average Bonchev–Trinajstić information content (AvgIpc) is 2.73. The van der Waals surface area contributed by atoms with E-state index in [4.69, 9.17) is 5.73 Å². The number of aromatic nitrogens is 3. The Morgan fingerprint density at radius 3 is 2.45 bits per heavy atom. The number of halogens is 3. The molecule has 0 aliphatic carbocycles. The first kappa shape index (κ1) is 20.6. The van der Waals surface area contributed by atoms with Gasteiger partial charge in [-0.05, 0) is 37.6 Å². The van der Waals surface area contributed by atoms with Gasteiger partial charge in [0, 0.05) is 23.0 Å². The number of nitrogens with one attached hydrogen (secondary N) is 1. The van der Waals surface area contributed by atoms with Crippen LogP contribution in [0.4, 0.5) is 24.7 Å². The Bertz CT molecular complexity index is 1260. The van der Waals surface area contributed by atoms with Gasteiger partial charge in [-0.15, -0.1) is 0 Å². The maximum absolute atomic E-state index is 14.6. The standard InChI is InChI=1S/C23H20F3N5/c1-12(17-7-4-8-18(20(17)24)21(25)26)29-23-19-10-15(14-5-3-6-16(27)9-14)11-28-22(19)30-13(2)31-23/h3-12,21H,27H2,1-2H3,(H,28,29,30,31)/t12-/m1/s1. The van der Waals surface area contributed by atoms with E-state index in [1.54, 1.807) is 26.1 Å². The van der Waals surface area contributed by atoms with Gasteiger partial charge in [0.1, 0.15) is 17.5 Å². The number of fused-ring (bicyclic) bond motifs is 1. The largest absolute Gasteiger partial charge is 0.399 e. The Morgan fingerprint density at radius 2 is 1.71 bits per heavy atom. The van der Waals surface area contributed by atoms with Crippen LogP contribution in [0.3, 0.4) is 0 Å². The second-order valence-electron chi connectivity index (χ2n) is 7.26. The number of hydrogen-bond acceptors (Lipinski definition) is 5. The number of benzene rings is 2. The molecule has 0 saturated carbocycles. The fourth-order valence-corrected chi connectivity index (χ4v) is 3.46. The van der Waals surface area contributed by atoms with Gasteiger partial charge in [-0.25, -0.2) is 28.1 Å². The molecule has 0 radical (unpaired) electrons. The van der Waals surface area contributed by atoms with Crippen molar-refractivity contribution in [2.75, 3.05) is 11.1 Å². The third-order valence-electron chi connectivity index (χ3n) is 5.00. The van der Waals surface area contributed by atoms with Crippen molar-refractivity contribution < 1.29 is 13.2 Å². The lowest BCUT2D eigenvalue weighted by molar-refractivity contribution is 0.146. The maximum atomic E-state index is 14.6. The van der Waals surface area contributed by atoms with Crippen molar-refractivity contribution >= 4 is 22.5 Å². The van der Waals surface area contributed by atoms with Gasteiger partial charge in [-0.2, -0.15) is 0 Å². The van der Waals surface area contributed by atoms with Crippen molar-refractivity contribution in [3.8, 4) is 11.1 Å². The molecule has 2 heterocycles. The molecule has 8 heteroatoms. The minimum atomic E-state index is -2.89. The second kappa shape index (κ2) is 8.22. The summed E-state index contributed by atoms with van der Waals surface area (Å²) in [6.45, 7) is 3.41. The number of pyridine rings is 1. The van der Waals surface area contributed by atoms with Gasteiger partial charge in [0.2, 0.25) is 0 Å². The third kappa shape index (κ3) is 4.14. The summed E-state index contributed by atoms with van der Waals surface area (Å²) in [7, 11) is 0. The molecule has 0 aliphatic heterocycles. The van der Waals surface area contributed by atoms with E-state index in [0.717, 1.165) is 17.2 Å². The number of nitrogens with zero attached hydrogens (tertiary/aromatic N) is 3. The molecule has 0 amide bonds. The smallest absolute Gasteiger partial charge is 0.266 e. The second-order valence-corrected chi connectivity index (χ2v) is 7.26. The maximum Gasteiger partial charge on any atom is 0.266 e. The SMILES string of the molecule is Cc1nc(N[C@H](C)c2cccc(C(F)F)c2F)c2cc(-c3cccc(N)c3)cnc2n1. The highest BCUT2D eigenvalue weighted by Gasteiger charge is 2.20. The van der Waals surface area contributed by atoms with Gasteiger partial charge in [-0.1, -0.05) is 30.3 Å². The van der Waals surface area contributed by atoms with E-state index in [1.807, 2.05) is 24.3 Å². The first-order valence-corrected chi connectivity index (χ1v) is 9.67. The van der Waals surface area contributed by atoms with Crippen molar-refractivity contribution in [2.45, 2.75) is 26.3 Å². The van der Waals surface area contributed by atoms with E-state index >= 15 is 0 Å². The number of nitrogen functional groups attached to an aromatic ring is 1. The van der Waals surface area contributed by atoms with Crippen LogP contribution in [0, 0.1) is 12.7 Å². The van der Waals surface area contributed by atoms with E-state index in [9.17, 15) is 13.2 Å². The minimum Gasteiger partial charge on any atom is -0.399 e. The highest BCUT2D eigenvalue weighted by molar-refractivity contribution is 5.90. The zero-order valence-electron chi connectivity index (χ0n) is 16.9. The summed E-state index contributed by atoms with van der Waals surface area (Å²) >= 11 is 0. The molecule has 5 nitrogen and oxygen atoms in total. The van der Waals surface area contributed by atoms with Crippen LogP contribution >= 0.6 is 0 Å². The van der Waals surface area contributed by atoms with E-state index < -0.39 is 23.8 Å². The molecule has 4 aromatic rings. The highest BCUT2D eigenvalue weighted by Crippen LogP contribution is 2.31. The van der Waals surface area contributed by atoms with Crippen LogP contribution in [0.1, 0.15) is 36.3 Å². The zero-order chi connectivity index (χ0) is 22.1. The van der Waals surface area contributed by atoms with Crippen LogP contribution in [0.25, 0.3) is 22.2 Å². The molecule has 2 aromatic carbocycles. The number of rotatable bonds is 5. The van der Waals surface area contributed by atoms with Gasteiger partial charge >= 0.3 is 0 Å². The number of nitrogens with two attached hydrogens (primary N) is 1. The molecule has 1 atom stereocenters. The van der Waals surface area contributed by atoms with Crippen LogP contribution in [0.15, 0.2) is 54.7 Å². The Kier molecular flexibility index (Phi) is 5.46. The van der Waals surface area contributed by atoms with Crippen molar-refractivity contribution in [3.05, 3.63) is 77.5 Å². The molecule has 0 unspecified atom stereocenters. The monoisotopic (exact) mass is 423 g/mol. The van der Waals surface area contributed by atoms with Crippen LogP contribution in [0.2, 0.25) is 0 Å². The van der Waals surface area contributed by atoms with Crippen molar-refractivity contribution in [1.29, 1.82) is 0 Å². The quantitative estimate of drug-likeness (QED) is 0.395. The number of hydrogen-bond donors (Lipinski definition) is 2. The van der Waals surface area contributed by atoms with Crippen molar-refractivity contribution in [3.63, 3.8) is 0 Å². The number of anilines is 2. The average molecular weight is 423 g/mol. The summed E-state index contributed by atoms with van der Waals surface area (Å²) in [5, 5.41) is 3.77. The van der Waals surface area contributed by atoms with Crippen LogP contribution in [-0.4, -0.2) is 15.0 Å². The molecule has 158 valence electrons. The van der Waals surface area contributed by atoms with Crippen LogP contribution < -0.4 is 11.1 Å². The predicted molar refractivity (Wildman–Crippen MR) is 115 cm³/mol. The predicted octanol–water partition coefficient (Wildman–Crippen LogP) is 5.83. The summed E-state index contributed by atoms with van der Waals surface area (Å²) in [5.74, 6) is -0.00512. The van der Waals surface area contributed by atoms with Crippen molar-refractivity contribution in [2.24, 2.45) is 0 Å². The molecule has 31 heavy (non-hydrogen) atoms. The van der Waals surface area contributed by atoms with E-state index in [-0.39, 0.29) is 5.56 Å². The number of alkyl halides is 2. The van der Waals surface area contributed by atoms with E-state index in [2.05, 4.69) is 20.3 Å². The number of aryl methyl sites for hydroxylation is 1. The third-order valence-corrected chi connectivity index (χ3v) is 5.00. The van der Waals surface area contributed by atoms with E-state index in [1.165, 1.54) is 12.1 Å². The Labute approximate surface area is 177 Å². The Morgan fingerprint density at radius 1 is 0.968 bits per heavy atom. The molecule has 0 aliphatic rings. The molecule has 0 fully saturated rings. The van der Waals surface area contributed by atoms with Crippen LogP contribution in [0.5, 0.6) is 0 Å². The topological polar surface area (TPSA) is 76.7 Å². The van der Waals surface area contributed by atoms with Gasteiger partial charge in [0.05, 0.1) is 17.0 Å². The normalized spacial score (nSPS) is 12.3. The molecule has 4 rings (SSSR count). The Balaban J connectivity index is 1.76. The van der Waals surface area contributed by atoms with Gasteiger partial charge in [0.15, 0.2) is 5.65 Å². The first-order chi connectivity index (χ1) is 14.8. The molecular formula is C23H20F3N5. The molecular weight excluding hydrogens is 403 g/mol. The highest BCUT2D eigenvalue weighted by atomic mass is 19.3. The van der Waals surface area contributed by atoms with Gasteiger partial charge < -0.3 is 11.1 Å². The summed E-state index contributed by atoms with van der Waals surface area (Å²) < 4.78 is 40.8. The molecule has 0 spiro atoms. The van der Waals surface area contributed by atoms with Crippen LogP contribution in [-0.2, 0) is 0 Å². The summed E-state index contributed by atoms with van der Waals surface area (Å²) in [6, 6.07) is 12.6. The molecule has 0 saturated heterocycles.